The van der Waals surface area contributed by atoms with Gasteiger partial charge in [-0.15, -0.1) is 0 Å². The van der Waals surface area contributed by atoms with E-state index in [0.717, 1.165) is 19.0 Å². The van der Waals surface area contributed by atoms with Crippen molar-refractivity contribution in [2.45, 2.75) is 38.1 Å². The van der Waals surface area contributed by atoms with Crippen LogP contribution in [0.5, 0.6) is 0 Å². The van der Waals surface area contributed by atoms with Gasteiger partial charge in [0.25, 0.3) is 0 Å². The van der Waals surface area contributed by atoms with Crippen LogP contribution < -0.4 is 9.80 Å². The number of carbonyl (C=O) groups is 1. The molecule has 0 aromatic heterocycles. The lowest BCUT2D eigenvalue weighted by molar-refractivity contribution is -1.03. The van der Waals surface area contributed by atoms with Gasteiger partial charge in [-0.05, 0) is 37.1 Å². The van der Waals surface area contributed by atoms with Crippen molar-refractivity contribution in [2.24, 2.45) is 0 Å². The average molecular weight is 306 g/mol. The fraction of sp³-hybridized carbons (Fsp3) is 0.611. The molecule has 0 saturated carbocycles. The van der Waals surface area contributed by atoms with E-state index in [1.807, 2.05) is 4.90 Å². The van der Waals surface area contributed by atoms with Crippen molar-refractivity contribution in [3.63, 3.8) is 0 Å². The van der Waals surface area contributed by atoms with Crippen molar-refractivity contribution < 1.29 is 19.0 Å². The topological polar surface area (TPSA) is 26.0 Å². The maximum Gasteiger partial charge on any atom is 0.163 e. The van der Waals surface area contributed by atoms with E-state index in [1.165, 1.54) is 57.6 Å². The summed E-state index contributed by atoms with van der Waals surface area (Å²) in [5.74, 6) is -0.143. The molecule has 2 heterocycles. The van der Waals surface area contributed by atoms with Crippen LogP contribution >= 0.6 is 0 Å². The van der Waals surface area contributed by atoms with Crippen LogP contribution in [0.15, 0.2) is 24.3 Å². The van der Waals surface area contributed by atoms with E-state index in [4.69, 9.17) is 0 Å². The highest BCUT2D eigenvalue weighted by Gasteiger charge is 2.34. The molecule has 3 atom stereocenters. The van der Waals surface area contributed by atoms with E-state index in [0.29, 0.717) is 12.0 Å². The summed E-state index contributed by atoms with van der Waals surface area (Å²) in [6.45, 7) is 6.28. The molecule has 0 aliphatic carbocycles. The number of piperazine rings is 1. The first-order valence-corrected chi connectivity index (χ1v) is 8.69. The van der Waals surface area contributed by atoms with Gasteiger partial charge in [0.1, 0.15) is 31.5 Å². The molecule has 0 amide bonds. The van der Waals surface area contributed by atoms with Gasteiger partial charge < -0.3 is 9.80 Å². The Hall–Kier alpha value is -1.26. The smallest absolute Gasteiger partial charge is 0.163 e. The molecule has 0 spiro atoms. The summed E-state index contributed by atoms with van der Waals surface area (Å²) in [7, 11) is 0. The summed E-state index contributed by atoms with van der Waals surface area (Å²) in [6.07, 6.45) is 5.69. The van der Waals surface area contributed by atoms with Gasteiger partial charge in [-0.1, -0.05) is 0 Å². The SMILES string of the molecule is O=C(CCC[NH+]1CC[NH+]2CCCCC2C1)c1ccc(F)cc1. The monoisotopic (exact) mass is 306 g/mol. The minimum Gasteiger partial charge on any atom is -0.325 e. The lowest BCUT2D eigenvalue weighted by Gasteiger charge is -2.38. The number of halogens is 1. The molecule has 2 aliphatic heterocycles. The van der Waals surface area contributed by atoms with E-state index in [2.05, 4.69) is 0 Å². The average Bonchev–Trinajstić information content (AvgIpc) is 2.55. The predicted molar refractivity (Wildman–Crippen MR) is 83.9 cm³/mol. The van der Waals surface area contributed by atoms with Crippen molar-refractivity contribution in [3.05, 3.63) is 35.6 Å². The highest BCUT2D eigenvalue weighted by atomic mass is 19.1. The third kappa shape index (κ3) is 3.93. The van der Waals surface area contributed by atoms with Gasteiger partial charge in [-0.3, -0.25) is 4.79 Å². The van der Waals surface area contributed by atoms with Crippen LogP contribution in [0, 0.1) is 5.82 Å². The maximum atomic E-state index is 12.9. The van der Waals surface area contributed by atoms with E-state index in [9.17, 15) is 9.18 Å². The summed E-state index contributed by atoms with van der Waals surface area (Å²) >= 11 is 0. The van der Waals surface area contributed by atoms with Crippen molar-refractivity contribution in [2.75, 3.05) is 32.7 Å². The summed E-state index contributed by atoms with van der Waals surface area (Å²) < 4.78 is 12.9. The number of hydrogen-bond acceptors (Lipinski definition) is 1. The number of Topliss-reactive ketones (excluding diaryl/α,β-unsaturated/α-hetero) is 1. The Kier molecular flexibility index (Phi) is 5.21. The van der Waals surface area contributed by atoms with Crippen LogP contribution in [0.3, 0.4) is 0 Å². The fourth-order valence-electron chi connectivity index (χ4n) is 4.02. The zero-order valence-electron chi connectivity index (χ0n) is 13.2. The van der Waals surface area contributed by atoms with Crippen LogP contribution in [0.25, 0.3) is 0 Å². The predicted octanol–water partition coefficient (Wildman–Crippen LogP) is 0.125. The molecular weight excluding hydrogens is 279 g/mol. The van der Waals surface area contributed by atoms with Gasteiger partial charge in [-0.2, -0.15) is 0 Å². The number of fused-ring (bicyclic) bond motifs is 1. The van der Waals surface area contributed by atoms with E-state index in [-0.39, 0.29) is 11.6 Å². The van der Waals surface area contributed by atoms with Gasteiger partial charge in [-0.25, -0.2) is 4.39 Å². The summed E-state index contributed by atoms with van der Waals surface area (Å²) in [6, 6.07) is 6.77. The standard InChI is InChI=1S/C18H25FN2O/c19-16-8-6-15(7-9-16)18(22)5-3-10-20-12-13-21-11-2-1-4-17(21)14-20/h6-9,17H,1-5,10-14H2/p+2. The number of piperidine rings is 1. The first-order valence-electron chi connectivity index (χ1n) is 8.69. The molecule has 22 heavy (non-hydrogen) atoms. The first kappa shape index (κ1) is 15.6. The molecule has 0 bridgehead atoms. The Bertz CT molecular complexity index is 502. The second-order valence-electron chi connectivity index (χ2n) is 6.84. The lowest BCUT2D eigenvalue weighted by atomic mass is 9.99. The van der Waals surface area contributed by atoms with Crippen LogP contribution in [-0.4, -0.2) is 44.5 Å². The molecule has 120 valence electrons. The third-order valence-electron chi connectivity index (χ3n) is 5.31. The van der Waals surface area contributed by atoms with Crippen LogP contribution in [-0.2, 0) is 0 Å². The third-order valence-corrected chi connectivity index (χ3v) is 5.31. The lowest BCUT2D eigenvalue weighted by Crippen LogP contribution is -3.31. The van der Waals surface area contributed by atoms with Crippen LogP contribution in [0.2, 0.25) is 0 Å². The molecule has 2 aliphatic rings. The molecule has 3 rings (SSSR count). The number of ketones is 1. The number of hydrogen-bond donors (Lipinski definition) is 2. The second kappa shape index (κ2) is 7.34. The summed E-state index contributed by atoms with van der Waals surface area (Å²) in [5, 5.41) is 0. The quantitative estimate of drug-likeness (QED) is 0.743. The highest BCUT2D eigenvalue weighted by Crippen LogP contribution is 2.07. The van der Waals surface area contributed by atoms with Crippen molar-refractivity contribution in [3.8, 4) is 0 Å². The molecule has 3 unspecified atom stereocenters. The molecular formula is C18H27FN2O+2. The van der Waals surface area contributed by atoms with Gasteiger partial charge in [0.2, 0.25) is 0 Å². The van der Waals surface area contributed by atoms with E-state index < -0.39 is 0 Å². The Labute approximate surface area is 132 Å². The number of nitrogens with one attached hydrogen (secondary N) is 2. The van der Waals surface area contributed by atoms with E-state index >= 15 is 0 Å². The molecule has 2 saturated heterocycles. The minimum atomic E-state index is -0.283. The van der Waals surface area contributed by atoms with Gasteiger partial charge in [0.15, 0.2) is 5.78 Å². The minimum absolute atomic E-state index is 0.140. The Morgan fingerprint density at radius 1 is 1.14 bits per heavy atom. The summed E-state index contributed by atoms with van der Waals surface area (Å²) in [4.78, 5) is 15.6. The summed E-state index contributed by atoms with van der Waals surface area (Å²) in [5.41, 5.74) is 0.637. The Morgan fingerprint density at radius 3 is 2.77 bits per heavy atom. The number of quaternary nitrogens is 2. The number of carbonyl (C=O) groups excluding carboxylic acids is 1. The van der Waals surface area contributed by atoms with Crippen molar-refractivity contribution >= 4 is 5.78 Å². The molecule has 2 N–H and O–H groups in total. The Morgan fingerprint density at radius 2 is 1.95 bits per heavy atom. The molecule has 1 aromatic carbocycles. The van der Waals surface area contributed by atoms with Crippen LogP contribution in [0.1, 0.15) is 42.5 Å². The normalized spacial score (nSPS) is 28.1. The number of benzene rings is 1. The molecule has 4 heteroatoms. The zero-order chi connectivity index (χ0) is 15.4. The van der Waals surface area contributed by atoms with Crippen LogP contribution in [0.4, 0.5) is 4.39 Å². The molecule has 1 aromatic rings. The van der Waals surface area contributed by atoms with Gasteiger partial charge in [0, 0.05) is 24.8 Å². The Balaban J connectivity index is 1.41. The largest absolute Gasteiger partial charge is 0.325 e. The zero-order valence-corrected chi connectivity index (χ0v) is 13.2. The number of rotatable bonds is 5. The fourth-order valence-corrected chi connectivity index (χ4v) is 4.02. The van der Waals surface area contributed by atoms with Crippen molar-refractivity contribution in [1.29, 1.82) is 0 Å². The molecule has 3 nitrogen and oxygen atoms in total. The second-order valence-corrected chi connectivity index (χ2v) is 6.84. The molecule has 2 fully saturated rings. The van der Waals surface area contributed by atoms with E-state index in [1.54, 1.807) is 17.0 Å². The maximum absolute atomic E-state index is 12.9. The van der Waals surface area contributed by atoms with Gasteiger partial charge >= 0.3 is 0 Å². The molecule has 0 radical (unpaired) electrons. The highest BCUT2D eigenvalue weighted by molar-refractivity contribution is 5.95. The van der Waals surface area contributed by atoms with Crippen molar-refractivity contribution in [1.82, 2.24) is 0 Å². The first-order chi connectivity index (χ1) is 10.7. The van der Waals surface area contributed by atoms with Gasteiger partial charge in [0.05, 0.1) is 13.1 Å².